The van der Waals surface area contributed by atoms with Crippen LogP contribution in [0.15, 0.2) is 54.6 Å². The molecule has 33 heavy (non-hydrogen) atoms. The van der Waals surface area contributed by atoms with Crippen LogP contribution in [0.4, 0.5) is 0 Å². The van der Waals surface area contributed by atoms with E-state index in [0.717, 1.165) is 60.2 Å². The van der Waals surface area contributed by atoms with Crippen LogP contribution in [0.5, 0.6) is 11.5 Å². The normalized spacial score (nSPS) is 18.8. The fraction of sp³-hybridized carbons (Fsp3) is 0.444. The lowest BCUT2D eigenvalue weighted by Gasteiger charge is -2.09. The molecule has 0 spiro atoms. The Labute approximate surface area is 195 Å². The highest BCUT2D eigenvalue weighted by Crippen LogP contribution is 2.29. The molecule has 0 saturated carbocycles. The molecule has 2 saturated heterocycles. The van der Waals surface area contributed by atoms with Crippen molar-refractivity contribution in [2.75, 3.05) is 26.4 Å². The summed E-state index contributed by atoms with van der Waals surface area (Å²) in [4.78, 5) is 0. The molecule has 5 rings (SSSR count). The maximum Gasteiger partial charge on any atom is 0.119 e. The summed E-state index contributed by atoms with van der Waals surface area (Å²) in [6.45, 7) is 5.99. The topological polar surface area (TPSA) is 61.3 Å². The molecule has 2 atom stereocenters. The number of hydrogen-bond donors (Lipinski definition) is 0. The quantitative estimate of drug-likeness (QED) is 0.260. The van der Waals surface area contributed by atoms with Crippen molar-refractivity contribution in [3.05, 3.63) is 54.6 Å². The van der Waals surface area contributed by atoms with Crippen LogP contribution >= 0.6 is 0 Å². The van der Waals surface area contributed by atoms with Crippen LogP contribution in [0.3, 0.4) is 0 Å². The number of aromatic nitrogens is 2. The molecule has 174 valence electrons. The predicted octanol–water partition coefficient (Wildman–Crippen LogP) is 5.35. The summed E-state index contributed by atoms with van der Waals surface area (Å²) in [5.41, 5.74) is 4.33. The SMILES string of the molecule is CCCCCCn1nc(-c2ccc(OCC3CO3)cc2)cc1-c1ccc(OCC2CO2)cc1. The van der Waals surface area contributed by atoms with Gasteiger partial charge in [-0.05, 0) is 61.0 Å². The Morgan fingerprint density at radius 1 is 0.818 bits per heavy atom. The van der Waals surface area contributed by atoms with Crippen LogP contribution in [-0.2, 0) is 16.0 Å². The Morgan fingerprint density at radius 2 is 1.39 bits per heavy atom. The highest BCUT2D eigenvalue weighted by atomic mass is 16.6. The van der Waals surface area contributed by atoms with Gasteiger partial charge in [-0.15, -0.1) is 0 Å². The average molecular weight is 449 g/mol. The number of unbranched alkanes of at least 4 members (excludes halogenated alkanes) is 3. The average Bonchev–Trinajstić information content (AvgIpc) is 3.79. The largest absolute Gasteiger partial charge is 0.491 e. The van der Waals surface area contributed by atoms with Crippen molar-refractivity contribution in [3.63, 3.8) is 0 Å². The third kappa shape index (κ3) is 6.15. The van der Waals surface area contributed by atoms with Gasteiger partial charge in [0.2, 0.25) is 0 Å². The van der Waals surface area contributed by atoms with E-state index in [1.54, 1.807) is 0 Å². The minimum atomic E-state index is 0.259. The third-order valence-electron chi connectivity index (χ3n) is 5.98. The van der Waals surface area contributed by atoms with E-state index in [-0.39, 0.29) is 12.2 Å². The maximum atomic E-state index is 5.80. The second-order valence-corrected chi connectivity index (χ2v) is 8.78. The Hall–Kier alpha value is -2.83. The molecule has 0 N–H and O–H groups in total. The molecule has 0 bridgehead atoms. The van der Waals surface area contributed by atoms with Gasteiger partial charge in [0.15, 0.2) is 0 Å². The van der Waals surface area contributed by atoms with E-state index in [1.165, 1.54) is 19.3 Å². The number of benzene rings is 2. The Bertz CT molecular complexity index is 1020. The van der Waals surface area contributed by atoms with Crippen molar-refractivity contribution in [3.8, 4) is 34.0 Å². The molecule has 0 amide bonds. The molecule has 6 heteroatoms. The van der Waals surface area contributed by atoms with E-state index < -0.39 is 0 Å². The maximum absolute atomic E-state index is 5.80. The zero-order chi connectivity index (χ0) is 22.5. The van der Waals surface area contributed by atoms with Crippen LogP contribution in [0.1, 0.15) is 32.6 Å². The van der Waals surface area contributed by atoms with Crippen LogP contribution < -0.4 is 9.47 Å². The number of hydrogen-bond acceptors (Lipinski definition) is 5. The zero-order valence-corrected chi connectivity index (χ0v) is 19.2. The predicted molar refractivity (Wildman–Crippen MR) is 128 cm³/mol. The first kappa shape index (κ1) is 22.0. The molecule has 0 radical (unpaired) electrons. The molecule has 2 aromatic carbocycles. The molecular weight excluding hydrogens is 416 g/mol. The molecular formula is C27H32N2O4. The van der Waals surface area contributed by atoms with Crippen molar-refractivity contribution in [2.24, 2.45) is 0 Å². The lowest BCUT2D eigenvalue weighted by Crippen LogP contribution is -2.04. The lowest BCUT2D eigenvalue weighted by molar-refractivity contribution is 0.263. The van der Waals surface area contributed by atoms with Crippen molar-refractivity contribution < 1.29 is 18.9 Å². The van der Waals surface area contributed by atoms with Crippen molar-refractivity contribution in [2.45, 2.75) is 51.4 Å². The molecule has 2 aliphatic rings. The number of ether oxygens (including phenoxy) is 4. The monoisotopic (exact) mass is 448 g/mol. The van der Waals surface area contributed by atoms with Gasteiger partial charge in [-0.25, -0.2) is 0 Å². The number of nitrogens with zero attached hydrogens (tertiary/aromatic N) is 2. The minimum absolute atomic E-state index is 0.259. The van der Waals surface area contributed by atoms with Gasteiger partial charge in [0.25, 0.3) is 0 Å². The second-order valence-electron chi connectivity index (χ2n) is 8.78. The number of epoxide rings is 2. The Morgan fingerprint density at radius 3 is 1.94 bits per heavy atom. The first-order valence-electron chi connectivity index (χ1n) is 12.1. The van der Waals surface area contributed by atoms with Gasteiger partial charge in [-0.2, -0.15) is 5.10 Å². The van der Waals surface area contributed by atoms with Gasteiger partial charge in [0.05, 0.1) is 24.6 Å². The summed E-state index contributed by atoms with van der Waals surface area (Å²) >= 11 is 0. The van der Waals surface area contributed by atoms with Crippen LogP contribution in [0, 0.1) is 0 Å². The molecule has 2 fully saturated rings. The fourth-order valence-electron chi connectivity index (χ4n) is 3.80. The van der Waals surface area contributed by atoms with Gasteiger partial charge < -0.3 is 18.9 Å². The van der Waals surface area contributed by atoms with E-state index in [9.17, 15) is 0 Å². The van der Waals surface area contributed by atoms with Gasteiger partial charge in [0.1, 0.15) is 36.9 Å². The van der Waals surface area contributed by atoms with E-state index in [0.29, 0.717) is 13.2 Å². The summed E-state index contributed by atoms with van der Waals surface area (Å²) < 4.78 is 24.2. The standard InChI is InChI=1S/C27H32N2O4/c1-2-3-4-5-14-29-27(21-8-12-23(13-9-21)31-17-25-19-33-25)15-26(28-29)20-6-10-22(11-7-20)30-16-24-18-32-24/h6-13,15,24-25H,2-5,14,16-19H2,1H3. The van der Waals surface area contributed by atoms with Gasteiger partial charge in [-0.1, -0.05) is 26.2 Å². The van der Waals surface area contributed by atoms with E-state index >= 15 is 0 Å². The molecule has 0 aliphatic carbocycles. The first-order chi connectivity index (χ1) is 16.3. The minimum Gasteiger partial charge on any atom is -0.491 e. The van der Waals surface area contributed by atoms with E-state index in [1.807, 2.05) is 24.3 Å². The van der Waals surface area contributed by atoms with E-state index in [4.69, 9.17) is 24.0 Å². The molecule has 2 aliphatic heterocycles. The highest BCUT2D eigenvalue weighted by molar-refractivity contribution is 5.69. The zero-order valence-electron chi connectivity index (χ0n) is 19.2. The van der Waals surface area contributed by atoms with Gasteiger partial charge in [0, 0.05) is 17.7 Å². The van der Waals surface area contributed by atoms with Crippen LogP contribution in [-0.4, -0.2) is 48.4 Å². The molecule has 2 unspecified atom stereocenters. The Kier molecular flexibility index (Phi) is 6.93. The van der Waals surface area contributed by atoms with Gasteiger partial charge >= 0.3 is 0 Å². The number of aryl methyl sites for hydroxylation is 1. The summed E-state index contributed by atoms with van der Waals surface area (Å²) in [6.07, 6.45) is 5.35. The van der Waals surface area contributed by atoms with Crippen molar-refractivity contribution in [1.29, 1.82) is 0 Å². The molecule has 6 nitrogen and oxygen atoms in total. The second kappa shape index (κ2) is 10.4. The molecule has 1 aromatic heterocycles. The molecule has 3 aromatic rings. The third-order valence-corrected chi connectivity index (χ3v) is 5.98. The van der Waals surface area contributed by atoms with Gasteiger partial charge in [-0.3, -0.25) is 4.68 Å². The summed E-state index contributed by atoms with van der Waals surface area (Å²) in [7, 11) is 0. The fourth-order valence-corrected chi connectivity index (χ4v) is 3.80. The highest BCUT2D eigenvalue weighted by Gasteiger charge is 2.23. The summed E-state index contributed by atoms with van der Waals surface area (Å²) in [6, 6.07) is 18.6. The van der Waals surface area contributed by atoms with Crippen LogP contribution in [0.2, 0.25) is 0 Å². The number of rotatable bonds is 13. The Balaban J connectivity index is 1.32. The van der Waals surface area contributed by atoms with Crippen molar-refractivity contribution >= 4 is 0 Å². The first-order valence-corrected chi connectivity index (χ1v) is 12.1. The smallest absolute Gasteiger partial charge is 0.119 e. The summed E-state index contributed by atoms with van der Waals surface area (Å²) in [5.74, 6) is 1.73. The summed E-state index contributed by atoms with van der Waals surface area (Å²) in [5, 5.41) is 4.97. The molecule has 3 heterocycles. The lowest BCUT2D eigenvalue weighted by atomic mass is 10.1. The van der Waals surface area contributed by atoms with Crippen molar-refractivity contribution in [1.82, 2.24) is 9.78 Å². The van der Waals surface area contributed by atoms with E-state index in [2.05, 4.69) is 41.9 Å². The van der Waals surface area contributed by atoms with Crippen LogP contribution in [0.25, 0.3) is 22.5 Å².